The lowest BCUT2D eigenvalue weighted by atomic mass is 10.1. The van der Waals surface area contributed by atoms with E-state index in [1.54, 1.807) is 31.4 Å². The van der Waals surface area contributed by atoms with Gasteiger partial charge in [0.1, 0.15) is 5.75 Å². The van der Waals surface area contributed by atoms with Crippen molar-refractivity contribution in [2.75, 3.05) is 47.4 Å². The van der Waals surface area contributed by atoms with Gasteiger partial charge in [0, 0.05) is 13.0 Å². The molecule has 0 amide bonds. The van der Waals surface area contributed by atoms with Gasteiger partial charge >= 0.3 is 5.97 Å². The molecule has 0 saturated heterocycles. The van der Waals surface area contributed by atoms with E-state index in [9.17, 15) is 9.90 Å². The lowest BCUT2D eigenvalue weighted by Crippen LogP contribution is -2.45. The summed E-state index contributed by atoms with van der Waals surface area (Å²) in [7, 11) is 5.60. The monoisotopic (exact) mass is 470 g/mol. The fraction of sp³-hybridized carbons (Fsp3) is 0.680. The standard InChI is InChI=1S/C25H42N2O4.ClH/c1-5-6-7-8-9-10-11-12-20-31-24(28)21-27(2,3)19-13-18-26-25(29)22-14-16-23(30-4)17-15-22;/h14-17H,5-13,18-21H2,1-4H3;1H. The van der Waals surface area contributed by atoms with E-state index in [1.165, 1.54) is 38.5 Å². The van der Waals surface area contributed by atoms with Crippen molar-refractivity contribution in [2.24, 2.45) is 4.99 Å². The van der Waals surface area contributed by atoms with Gasteiger partial charge in [-0.25, -0.2) is 4.79 Å². The van der Waals surface area contributed by atoms with Gasteiger partial charge in [-0.1, -0.05) is 64.0 Å². The SMILES string of the molecule is CCCCCCCCCCOC(=O)C[N+](C)(C)CCCN=C([O-])c1ccc(OC)cc1.Cl. The maximum Gasteiger partial charge on any atom is 0.361 e. The minimum atomic E-state index is -0.224. The average molecular weight is 471 g/mol. The first kappa shape index (κ1) is 30.2. The molecule has 0 aliphatic carbocycles. The molecule has 0 aliphatic rings. The van der Waals surface area contributed by atoms with E-state index < -0.39 is 0 Å². The molecule has 1 aromatic carbocycles. The van der Waals surface area contributed by atoms with Crippen LogP contribution in [0.25, 0.3) is 0 Å². The van der Waals surface area contributed by atoms with Gasteiger partial charge < -0.3 is 24.1 Å². The van der Waals surface area contributed by atoms with Crippen molar-refractivity contribution in [2.45, 2.75) is 64.7 Å². The Hall–Kier alpha value is -1.79. The third kappa shape index (κ3) is 14.3. The second-order valence-electron chi connectivity index (χ2n) is 8.78. The molecule has 0 heterocycles. The Morgan fingerprint density at radius 2 is 1.56 bits per heavy atom. The molecule has 184 valence electrons. The molecule has 0 fully saturated rings. The lowest BCUT2D eigenvalue weighted by molar-refractivity contribution is -0.883. The quantitative estimate of drug-likeness (QED) is 0.111. The van der Waals surface area contributed by atoms with Crippen molar-refractivity contribution in [3.05, 3.63) is 29.8 Å². The highest BCUT2D eigenvalue weighted by atomic mass is 35.5. The van der Waals surface area contributed by atoms with Crippen LogP contribution in [0.5, 0.6) is 5.75 Å². The Morgan fingerprint density at radius 1 is 0.969 bits per heavy atom. The minimum Gasteiger partial charge on any atom is -0.858 e. The number of carbonyl (C=O) groups is 1. The number of halogens is 1. The van der Waals surface area contributed by atoms with Crippen LogP contribution >= 0.6 is 12.4 Å². The normalized spacial score (nSPS) is 11.7. The van der Waals surface area contributed by atoms with E-state index in [2.05, 4.69) is 11.9 Å². The van der Waals surface area contributed by atoms with Crippen molar-refractivity contribution in [1.82, 2.24) is 0 Å². The van der Waals surface area contributed by atoms with E-state index in [4.69, 9.17) is 9.47 Å². The summed E-state index contributed by atoms with van der Waals surface area (Å²) in [5.74, 6) is 0.335. The molecule has 32 heavy (non-hydrogen) atoms. The first-order valence-corrected chi connectivity index (χ1v) is 11.7. The van der Waals surface area contributed by atoms with Gasteiger partial charge in [0.25, 0.3) is 0 Å². The Bertz CT molecular complexity index is 648. The van der Waals surface area contributed by atoms with Crippen molar-refractivity contribution in [1.29, 1.82) is 0 Å². The highest BCUT2D eigenvalue weighted by Crippen LogP contribution is 2.11. The summed E-state index contributed by atoms with van der Waals surface area (Å²) < 4.78 is 11.0. The molecule has 1 aromatic rings. The van der Waals surface area contributed by atoms with Crippen molar-refractivity contribution in [3.63, 3.8) is 0 Å². The zero-order valence-electron chi connectivity index (χ0n) is 20.4. The van der Waals surface area contributed by atoms with Crippen LogP contribution in [-0.4, -0.2) is 63.8 Å². The van der Waals surface area contributed by atoms with Crippen LogP contribution in [0, 0.1) is 0 Å². The summed E-state index contributed by atoms with van der Waals surface area (Å²) in [5.41, 5.74) is 0.555. The van der Waals surface area contributed by atoms with Gasteiger partial charge in [0.2, 0.25) is 0 Å². The number of nitrogens with zero attached hydrogens (tertiary/aromatic N) is 2. The Balaban J connectivity index is 0.00000961. The molecule has 6 nitrogen and oxygen atoms in total. The number of unbranched alkanes of at least 4 members (excludes halogenated alkanes) is 7. The summed E-state index contributed by atoms with van der Waals surface area (Å²) in [4.78, 5) is 16.2. The maximum absolute atomic E-state index is 12.1. The predicted molar refractivity (Wildman–Crippen MR) is 132 cm³/mol. The largest absolute Gasteiger partial charge is 0.858 e. The van der Waals surface area contributed by atoms with E-state index in [-0.39, 0.29) is 24.3 Å². The molecule has 7 heteroatoms. The number of aliphatic imine (C=N–C) groups is 1. The smallest absolute Gasteiger partial charge is 0.361 e. The number of ether oxygens (including phenoxy) is 2. The molecule has 0 aliphatic heterocycles. The molecule has 0 atom stereocenters. The van der Waals surface area contributed by atoms with Crippen molar-refractivity contribution >= 4 is 24.3 Å². The number of quaternary nitrogens is 1. The van der Waals surface area contributed by atoms with Crippen molar-refractivity contribution in [3.8, 4) is 5.75 Å². The number of carbonyl (C=O) groups excluding carboxylic acids is 1. The first-order chi connectivity index (χ1) is 14.9. The van der Waals surface area contributed by atoms with Gasteiger partial charge in [-0.05, 0) is 30.0 Å². The molecular weight excluding hydrogens is 428 g/mol. The van der Waals surface area contributed by atoms with Crippen LogP contribution in [0.3, 0.4) is 0 Å². The number of esters is 1. The van der Waals surface area contributed by atoms with Crippen LogP contribution < -0.4 is 9.84 Å². The molecule has 0 aromatic heterocycles. The fourth-order valence-electron chi connectivity index (χ4n) is 3.40. The summed E-state index contributed by atoms with van der Waals surface area (Å²) in [5, 5.41) is 12.1. The van der Waals surface area contributed by atoms with Gasteiger partial charge in [0.15, 0.2) is 6.54 Å². The van der Waals surface area contributed by atoms with Crippen LogP contribution in [-0.2, 0) is 9.53 Å². The second-order valence-corrected chi connectivity index (χ2v) is 8.78. The summed E-state index contributed by atoms with van der Waals surface area (Å²) in [6, 6.07) is 6.93. The topological polar surface area (TPSA) is 71.0 Å². The number of hydrogen-bond acceptors (Lipinski definition) is 5. The summed E-state index contributed by atoms with van der Waals surface area (Å²) in [6.45, 7) is 4.28. The lowest BCUT2D eigenvalue weighted by Gasteiger charge is -2.28. The van der Waals surface area contributed by atoms with Gasteiger partial charge in [-0.2, -0.15) is 0 Å². The first-order valence-electron chi connectivity index (χ1n) is 11.7. The molecule has 0 spiro atoms. The zero-order chi connectivity index (χ0) is 23.0. The van der Waals surface area contributed by atoms with Crippen LogP contribution in [0.15, 0.2) is 29.3 Å². The number of benzene rings is 1. The highest BCUT2D eigenvalue weighted by Gasteiger charge is 2.20. The molecule has 0 unspecified atom stereocenters. The molecule has 0 radical (unpaired) electrons. The van der Waals surface area contributed by atoms with Crippen LogP contribution in [0.2, 0.25) is 0 Å². The van der Waals surface area contributed by atoms with Crippen LogP contribution in [0.1, 0.15) is 70.3 Å². The predicted octanol–water partition coefficient (Wildman–Crippen LogP) is 4.37. The Labute approximate surface area is 201 Å². The van der Waals surface area contributed by atoms with E-state index in [1.807, 2.05) is 14.1 Å². The van der Waals surface area contributed by atoms with Crippen LogP contribution in [0.4, 0.5) is 0 Å². The Kier molecular flexibility index (Phi) is 16.7. The molecular formula is C25H43ClN2O4. The zero-order valence-corrected chi connectivity index (χ0v) is 21.3. The number of likely N-dealkylation sites (N-methyl/N-ethyl adjacent to an activating group) is 1. The maximum atomic E-state index is 12.1. The minimum absolute atomic E-state index is 0. The number of hydrogen-bond donors (Lipinski definition) is 0. The summed E-state index contributed by atoms with van der Waals surface area (Å²) >= 11 is 0. The number of methoxy groups -OCH3 is 1. The van der Waals surface area contributed by atoms with Gasteiger partial charge in [0.05, 0.1) is 34.4 Å². The molecule has 0 bridgehead atoms. The van der Waals surface area contributed by atoms with E-state index in [0.29, 0.717) is 35.5 Å². The second kappa shape index (κ2) is 17.7. The molecule has 0 N–H and O–H groups in total. The third-order valence-electron chi connectivity index (χ3n) is 5.33. The van der Waals surface area contributed by atoms with E-state index >= 15 is 0 Å². The fourth-order valence-corrected chi connectivity index (χ4v) is 3.40. The average Bonchev–Trinajstić information content (AvgIpc) is 2.75. The number of rotatable bonds is 17. The third-order valence-corrected chi connectivity index (χ3v) is 5.33. The molecule has 0 saturated carbocycles. The van der Waals surface area contributed by atoms with Crippen molar-refractivity contribution < 1.29 is 23.9 Å². The summed E-state index contributed by atoms with van der Waals surface area (Å²) in [6.07, 6.45) is 10.6. The van der Waals surface area contributed by atoms with Gasteiger partial charge in [-0.15, -0.1) is 12.4 Å². The highest BCUT2D eigenvalue weighted by molar-refractivity contribution is 5.90. The Morgan fingerprint density at radius 3 is 2.16 bits per heavy atom. The van der Waals surface area contributed by atoms with Gasteiger partial charge in [-0.3, -0.25) is 0 Å². The molecule has 1 rings (SSSR count). The van der Waals surface area contributed by atoms with E-state index in [0.717, 1.165) is 25.8 Å².